The number of carbonyl (C=O) groups is 9. The molecular formula is C42H67N11O11S2. The summed E-state index contributed by atoms with van der Waals surface area (Å²) in [6, 6.07) is -3.43. The van der Waals surface area contributed by atoms with Crippen LogP contribution in [0.25, 0.3) is 0 Å². The quantitative estimate of drug-likeness (QED) is 0.0597. The Morgan fingerprint density at radius 2 is 1.45 bits per heavy atom. The minimum Gasteiger partial charge on any atom is -0.497 e. The van der Waals surface area contributed by atoms with E-state index in [0.29, 0.717) is 30.6 Å². The average Bonchev–Trinajstić information content (AvgIpc) is 3.76. The van der Waals surface area contributed by atoms with Crippen molar-refractivity contribution in [2.45, 2.75) is 134 Å². The number of hydrogen-bond acceptors (Lipinski definition) is 15. The molecule has 0 radical (unpaired) electrons. The van der Waals surface area contributed by atoms with E-state index in [2.05, 4.69) is 31.9 Å². The molecule has 0 bridgehead atoms. The smallest absolute Gasteiger partial charge is 0.246 e. The van der Waals surface area contributed by atoms with Crippen LogP contribution in [-0.4, -0.2) is 143 Å². The van der Waals surface area contributed by atoms with Crippen LogP contribution >= 0.6 is 21.6 Å². The summed E-state index contributed by atoms with van der Waals surface area (Å²) in [5, 5.41) is 25.9. The Kier molecular flexibility index (Phi) is 22.4. The zero-order valence-electron chi connectivity index (χ0n) is 38.0. The second-order valence-electron chi connectivity index (χ2n) is 16.9. The van der Waals surface area contributed by atoms with Crippen molar-refractivity contribution in [2.24, 2.45) is 34.8 Å². The van der Waals surface area contributed by atoms with Gasteiger partial charge in [-0.3, -0.25) is 43.2 Å². The van der Waals surface area contributed by atoms with Gasteiger partial charge < -0.3 is 69.6 Å². The van der Waals surface area contributed by atoms with Gasteiger partial charge in [-0.2, -0.15) is 0 Å². The molecule has 3 rings (SSSR count). The molecule has 10 atom stereocenters. The first-order valence-corrected chi connectivity index (χ1v) is 24.4. The van der Waals surface area contributed by atoms with Gasteiger partial charge >= 0.3 is 0 Å². The first-order valence-electron chi connectivity index (χ1n) is 21.9. The number of aliphatic hydroxyl groups is 1. The highest BCUT2D eigenvalue weighted by atomic mass is 33.1. The maximum atomic E-state index is 14.4. The standard InChI is InChI=1S/C42H67N11O11S2/c1-6-22(4)34-41(62)47-26(13-14-32(44)54)37(58)50-29(18-33(45)55)38(59)51-30(42(63)53-15-7-8-31(53)40(61)48-27(35(46)56)16-21(2)3)20-66-65-19-25(43)36(57)49-28(39(60)52-34)17-23-9-11-24(64-5)12-10-23/h9-12,21-22,25-31,34-35,56H,6-8,13-20,43,46H2,1-5H3,(H2,44,54)(H2,45,55)(H,47,62)(H,48,61)(H,49,57)(H,50,58)(H,51,59)(H,52,60)/t22-,25-,26-,27-,28-,29-,30-,31-,34-,35?/m0/s1. The molecule has 66 heavy (non-hydrogen) atoms. The van der Waals surface area contributed by atoms with Crippen LogP contribution in [-0.2, 0) is 49.6 Å². The lowest BCUT2D eigenvalue weighted by atomic mass is 9.96. The van der Waals surface area contributed by atoms with Crippen LogP contribution in [0.1, 0.15) is 78.2 Å². The molecule has 2 fully saturated rings. The van der Waals surface area contributed by atoms with Crippen molar-refractivity contribution in [3.05, 3.63) is 29.8 Å². The number of nitrogens with two attached hydrogens (primary N) is 4. The lowest BCUT2D eigenvalue weighted by molar-refractivity contribution is -0.142. The van der Waals surface area contributed by atoms with Crippen molar-refractivity contribution in [3.63, 3.8) is 0 Å². The number of hydrogen-bond donors (Lipinski definition) is 11. The summed E-state index contributed by atoms with van der Waals surface area (Å²) in [6.07, 6.45) is -1.53. The van der Waals surface area contributed by atoms with Crippen LogP contribution in [0.3, 0.4) is 0 Å². The van der Waals surface area contributed by atoms with E-state index in [1.165, 1.54) is 12.0 Å². The highest BCUT2D eigenvalue weighted by Gasteiger charge is 2.40. The van der Waals surface area contributed by atoms with E-state index in [1.807, 2.05) is 13.8 Å². The number of methoxy groups -OCH3 is 1. The van der Waals surface area contributed by atoms with Crippen LogP contribution in [0, 0.1) is 11.8 Å². The molecule has 1 unspecified atom stereocenters. The number of carbonyl (C=O) groups excluding carboxylic acids is 9. The highest BCUT2D eigenvalue weighted by molar-refractivity contribution is 8.76. The number of amides is 9. The van der Waals surface area contributed by atoms with Gasteiger partial charge in [0, 0.05) is 30.9 Å². The highest BCUT2D eigenvalue weighted by Crippen LogP contribution is 2.26. The molecule has 368 valence electrons. The molecule has 0 spiro atoms. The molecule has 2 saturated heterocycles. The van der Waals surface area contributed by atoms with Gasteiger partial charge in [-0.05, 0) is 55.2 Å². The molecule has 2 aliphatic heterocycles. The Morgan fingerprint density at radius 3 is 2.05 bits per heavy atom. The van der Waals surface area contributed by atoms with Crippen molar-refractivity contribution in [3.8, 4) is 5.75 Å². The van der Waals surface area contributed by atoms with Crippen molar-refractivity contribution in [2.75, 3.05) is 25.2 Å². The lowest BCUT2D eigenvalue weighted by Gasteiger charge is -2.31. The summed E-state index contributed by atoms with van der Waals surface area (Å²) in [6.45, 7) is 7.35. The Labute approximate surface area is 392 Å². The first kappa shape index (κ1) is 55.2. The van der Waals surface area contributed by atoms with E-state index >= 15 is 0 Å². The normalized spacial score (nSPS) is 25.5. The predicted octanol–water partition coefficient (Wildman–Crippen LogP) is -2.63. The third-order valence-corrected chi connectivity index (χ3v) is 13.6. The van der Waals surface area contributed by atoms with Gasteiger partial charge in [-0.15, -0.1) is 0 Å². The Morgan fingerprint density at radius 1 is 0.848 bits per heavy atom. The average molecular weight is 966 g/mol. The lowest BCUT2D eigenvalue weighted by Crippen LogP contribution is -2.61. The summed E-state index contributed by atoms with van der Waals surface area (Å²) >= 11 is 0. The largest absolute Gasteiger partial charge is 0.497 e. The number of likely N-dealkylation sites (tertiary alicyclic amines) is 1. The zero-order chi connectivity index (χ0) is 49.2. The van der Waals surface area contributed by atoms with Gasteiger partial charge in [0.25, 0.3) is 0 Å². The summed E-state index contributed by atoms with van der Waals surface area (Å²) in [5.74, 6) is -7.57. The maximum Gasteiger partial charge on any atom is 0.246 e. The van der Waals surface area contributed by atoms with E-state index in [1.54, 1.807) is 38.1 Å². The molecular weight excluding hydrogens is 899 g/mol. The minimum absolute atomic E-state index is 0.0277. The van der Waals surface area contributed by atoms with Crippen molar-refractivity contribution in [1.82, 2.24) is 36.8 Å². The van der Waals surface area contributed by atoms with E-state index in [9.17, 15) is 48.3 Å². The summed E-state index contributed by atoms with van der Waals surface area (Å²) in [5.41, 5.74) is 23.6. The van der Waals surface area contributed by atoms with Crippen LogP contribution < -0.4 is 59.6 Å². The van der Waals surface area contributed by atoms with Crippen molar-refractivity contribution >= 4 is 74.8 Å². The number of nitrogens with one attached hydrogen (secondary N) is 6. The molecule has 0 aromatic heterocycles. The van der Waals surface area contributed by atoms with Gasteiger partial charge in [-0.1, -0.05) is 67.8 Å². The fraction of sp³-hybridized carbons (Fsp3) is 0.643. The second kappa shape index (κ2) is 26.8. The zero-order valence-corrected chi connectivity index (χ0v) is 39.7. The summed E-state index contributed by atoms with van der Waals surface area (Å²) in [4.78, 5) is 123. The molecule has 0 aliphatic carbocycles. The minimum atomic E-state index is -1.71. The molecule has 2 aliphatic rings. The molecule has 2 heterocycles. The number of rotatable bonds is 16. The van der Waals surface area contributed by atoms with E-state index in [0.717, 1.165) is 21.6 Å². The van der Waals surface area contributed by atoms with Gasteiger partial charge in [0.2, 0.25) is 53.2 Å². The maximum absolute atomic E-state index is 14.4. The Hall–Kier alpha value is -5.17. The Balaban J connectivity index is 2.06. The number of primary amides is 2. The fourth-order valence-corrected chi connectivity index (χ4v) is 9.55. The summed E-state index contributed by atoms with van der Waals surface area (Å²) in [7, 11) is 3.63. The third kappa shape index (κ3) is 17.2. The van der Waals surface area contributed by atoms with Crippen molar-refractivity contribution in [1.29, 1.82) is 0 Å². The number of ether oxygens (including phenoxy) is 1. The van der Waals surface area contributed by atoms with Crippen LogP contribution in [0.4, 0.5) is 0 Å². The Bertz CT molecular complexity index is 1880. The van der Waals surface area contributed by atoms with Crippen LogP contribution in [0.5, 0.6) is 5.75 Å². The molecule has 15 N–H and O–H groups in total. The van der Waals surface area contributed by atoms with Gasteiger partial charge in [0.15, 0.2) is 0 Å². The topological polar surface area (TPSA) is 363 Å². The SMILES string of the molecule is CC[C@H](C)[C@@H]1NC(=O)[C@H](Cc2ccc(OC)cc2)NC(=O)[C@@H](N)CSSC[C@@H](C(=O)N2CCC[C@H]2C(=O)N[C@@H](CC(C)C)C(N)O)NC(=O)[C@H](CC(N)=O)NC(=O)[C@H](CCC(N)=O)NC1=O. The second-order valence-corrected chi connectivity index (χ2v) is 19.5. The van der Waals surface area contributed by atoms with Gasteiger partial charge in [-0.25, -0.2) is 0 Å². The number of benzene rings is 1. The van der Waals surface area contributed by atoms with Crippen molar-refractivity contribution < 1.29 is 53.0 Å². The van der Waals surface area contributed by atoms with Crippen LogP contribution in [0.15, 0.2) is 24.3 Å². The predicted molar refractivity (Wildman–Crippen MR) is 247 cm³/mol. The van der Waals surface area contributed by atoms with Gasteiger partial charge in [0.05, 0.1) is 25.6 Å². The van der Waals surface area contributed by atoms with E-state index in [-0.39, 0.29) is 43.2 Å². The summed E-state index contributed by atoms with van der Waals surface area (Å²) < 4.78 is 5.25. The van der Waals surface area contributed by atoms with Gasteiger partial charge in [0.1, 0.15) is 48.2 Å². The number of nitrogens with zero attached hydrogens (tertiary/aromatic N) is 1. The molecule has 9 amide bonds. The number of aliphatic hydroxyl groups excluding tert-OH is 1. The fourth-order valence-electron chi connectivity index (χ4n) is 7.27. The molecule has 22 nitrogen and oxygen atoms in total. The van der Waals surface area contributed by atoms with Crippen LogP contribution in [0.2, 0.25) is 0 Å². The molecule has 0 saturated carbocycles. The molecule has 1 aromatic rings. The first-order chi connectivity index (χ1) is 31.1. The van der Waals surface area contributed by atoms with E-state index in [4.69, 9.17) is 27.7 Å². The molecule has 1 aromatic carbocycles. The third-order valence-electron chi connectivity index (χ3n) is 11.2. The molecule has 24 heteroatoms. The van der Waals surface area contributed by atoms with E-state index < -0.39 is 126 Å². The monoisotopic (exact) mass is 965 g/mol.